The van der Waals surface area contributed by atoms with Crippen molar-refractivity contribution in [2.75, 3.05) is 4.43 Å². The summed E-state index contributed by atoms with van der Waals surface area (Å²) in [6.07, 6.45) is 1.42. The average molecular weight is 588 g/mol. The van der Waals surface area contributed by atoms with E-state index in [-0.39, 0.29) is 0 Å². The molecular weight excluding hydrogens is 580 g/mol. The summed E-state index contributed by atoms with van der Waals surface area (Å²) in [5, 5.41) is 0. The van der Waals surface area contributed by atoms with Crippen molar-refractivity contribution in [3.05, 3.63) is 0 Å². The van der Waals surface area contributed by atoms with E-state index in [1.807, 2.05) is 0 Å². The molecule has 0 bridgehead atoms. The third-order valence-electron chi connectivity index (χ3n) is 1.85. The van der Waals surface area contributed by atoms with Crippen LogP contribution in [-0.4, -0.2) is 16.2 Å². The number of hydrogen-bond acceptors (Lipinski definition) is 0. The first-order chi connectivity index (χ1) is 4.66. The third kappa shape index (κ3) is 2.46. The molecule has 4 heteroatoms. The lowest BCUT2D eigenvalue weighted by atomic mass is 10.1. The summed E-state index contributed by atoms with van der Waals surface area (Å²) in [5.41, 5.74) is 0. The standard InChI is InChI=1S/C6H8I4/c7-2-3-4(8)1-5(9)6(3)10/h3-6H,1-2H2. The molecule has 0 heterocycles. The van der Waals surface area contributed by atoms with Gasteiger partial charge in [-0.15, -0.1) is 0 Å². The second-order valence-corrected chi connectivity index (χ2v) is 8.05. The van der Waals surface area contributed by atoms with Gasteiger partial charge in [-0.3, -0.25) is 0 Å². The van der Waals surface area contributed by atoms with Gasteiger partial charge in [0.1, 0.15) is 0 Å². The molecular formula is C6H8I4. The second-order valence-electron chi connectivity index (χ2n) is 2.53. The molecule has 0 aromatic rings. The molecule has 4 unspecified atom stereocenters. The predicted octanol–water partition coefficient (Wildman–Crippen LogP) is 3.85. The maximum atomic E-state index is 2.62. The van der Waals surface area contributed by atoms with E-state index in [1.54, 1.807) is 0 Å². The molecule has 60 valence electrons. The van der Waals surface area contributed by atoms with Crippen molar-refractivity contribution in [2.24, 2.45) is 5.92 Å². The lowest BCUT2D eigenvalue weighted by Gasteiger charge is -2.14. The highest BCUT2D eigenvalue weighted by Crippen LogP contribution is 2.42. The maximum Gasteiger partial charge on any atom is 0.0273 e. The molecule has 0 saturated heterocycles. The first-order valence-corrected chi connectivity index (χ1v) is 8.41. The summed E-state index contributed by atoms with van der Waals surface area (Å²) in [5.74, 6) is 0.962. The minimum atomic E-state index is 0.914. The van der Waals surface area contributed by atoms with Crippen molar-refractivity contribution in [1.29, 1.82) is 0 Å². The third-order valence-corrected chi connectivity index (χ3v) is 8.75. The van der Waals surface area contributed by atoms with Crippen LogP contribution in [0.2, 0.25) is 0 Å². The Morgan fingerprint density at radius 3 is 1.90 bits per heavy atom. The maximum absolute atomic E-state index is 2.62. The molecule has 1 fully saturated rings. The van der Waals surface area contributed by atoms with Crippen molar-refractivity contribution in [2.45, 2.75) is 18.2 Å². The van der Waals surface area contributed by atoms with Crippen molar-refractivity contribution in [3.63, 3.8) is 0 Å². The number of hydrogen-bond donors (Lipinski definition) is 0. The molecule has 0 spiro atoms. The smallest absolute Gasteiger partial charge is 0.0273 e. The summed E-state index contributed by atoms with van der Waals surface area (Å²) in [6.45, 7) is 0. The first-order valence-electron chi connectivity index (χ1n) is 3.15. The van der Waals surface area contributed by atoms with Gasteiger partial charge < -0.3 is 0 Å². The minimum absolute atomic E-state index is 0.914. The van der Waals surface area contributed by atoms with Gasteiger partial charge in [-0.2, -0.15) is 0 Å². The number of rotatable bonds is 1. The van der Waals surface area contributed by atoms with E-state index in [4.69, 9.17) is 0 Å². The molecule has 0 aliphatic heterocycles. The number of alkyl halides is 4. The van der Waals surface area contributed by atoms with Crippen LogP contribution in [0.15, 0.2) is 0 Å². The normalized spacial score (nSPS) is 48.0. The Balaban J connectivity index is 2.55. The van der Waals surface area contributed by atoms with Crippen LogP contribution < -0.4 is 0 Å². The van der Waals surface area contributed by atoms with E-state index in [9.17, 15) is 0 Å². The summed E-state index contributed by atoms with van der Waals surface area (Å²) in [6, 6.07) is 0. The summed E-state index contributed by atoms with van der Waals surface area (Å²) >= 11 is 10.3. The van der Waals surface area contributed by atoms with Gasteiger partial charge in [0.05, 0.1) is 0 Å². The van der Waals surface area contributed by atoms with Gasteiger partial charge >= 0.3 is 0 Å². The topological polar surface area (TPSA) is 0 Å². The Labute approximate surface area is 117 Å². The van der Waals surface area contributed by atoms with Crippen molar-refractivity contribution >= 4 is 90.4 Å². The van der Waals surface area contributed by atoms with E-state index in [1.165, 1.54) is 10.8 Å². The average Bonchev–Trinajstić information content (AvgIpc) is 2.09. The van der Waals surface area contributed by atoms with Gasteiger partial charge in [0, 0.05) is 16.2 Å². The summed E-state index contributed by atoms with van der Waals surface area (Å²) < 4.78 is 4.09. The molecule has 1 rings (SSSR count). The molecule has 0 radical (unpaired) electrons. The molecule has 1 aliphatic rings. The van der Waals surface area contributed by atoms with Crippen molar-refractivity contribution in [3.8, 4) is 0 Å². The van der Waals surface area contributed by atoms with E-state index >= 15 is 0 Å². The van der Waals surface area contributed by atoms with Crippen LogP contribution in [0.3, 0.4) is 0 Å². The zero-order chi connectivity index (χ0) is 7.72. The molecule has 0 N–H and O–H groups in total. The molecule has 4 atom stereocenters. The molecule has 0 nitrogen and oxygen atoms in total. The van der Waals surface area contributed by atoms with Crippen LogP contribution >= 0.6 is 90.4 Å². The summed E-state index contributed by atoms with van der Waals surface area (Å²) in [7, 11) is 0. The van der Waals surface area contributed by atoms with Gasteiger partial charge in [-0.25, -0.2) is 0 Å². The van der Waals surface area contributed by atoms with Crippen molar-refractivity contribution < 1.29 is 0 Å². The van der Waals surface area contributed by atoms with E-state index in [2.05, 4.69) is 90.4 Å². The van der Waals surface area contributed by atoms with E-state index < -0.39 is 0 Å². The van der Waals surface area contributed by atoms with Crippen LogP contribution in [0.5, 0.6) is 0 Å². The fraction of sp³-hybridized carbons (Fsp3) is 1.00. The Morgan fingerprint density at radius 2 is 1.70 bits per heavy atom. The quantitative estimate of drug-likeness (QED) is 0.323. The van der Waals surface area contributed by atoms with Gasteiger partial charge in [0.2, 0.25) is 0 Å². The summed E-state index contributed by atoms with van der Waals surface area (Å²) in [4.78, 5) is 0. The largest absolute Gasteiger partial charge is 0.0860 e. The van der Waals surface area contributed by atoms with E-state index in [0.29, 0.717) is 0 Å². The van der Waals surface area contributed by atoms with Crippen molar-refractivity contribution in [1.82, 2.24) is 0 Å². The van der Waals surface area contributed by atoms with Gasteiger partial charge in [-0.05, 0) is 12.3 Å². The molecule has 1 aliphatic carbocycles. The lowest BCUT2D eigenvalue weighted by molar-refractivity contribution is 0.693. The number of halogens is 4. The van der Waals surface area contributed by atoms with Crippen LogP contribution in [0.4, 0.5) is 0 Å². The minimum Gasteiger partial charge on any atom is -0.0860 e. The molecule has 0 amide bonds. The van der Waals surface area contributed by atoms with Gasteiger partial charge in [0.15, 0.2) is 0 Å². The van der Waals surface area contributed by atoms with Gasteiger partial charge in [-0.1, -0.05) is 90.4 Å². The highest BCUT2D eigenvalue weighted by Gasteiger charge is 2.38. The fourth-order valence-corrected chi connectivity index (χ4v) is 9.42. The molecule has 10 heavy (non-hydrogen) atoms. The zero-order valence-electron chi connectivity index (χ0n) is 5.24. The predicted molar refractivity (Wildman–Crippen MR) is 80.4 cm³/mol. The van der Waals surface area contributed by atoms with E-state index in [0.717, 1.165) is 17.7 Å². The lowest BCUT2D eigenvalue weighted by Crippen LogP contribution is -2.18. The van der Waals surface area contributed by atoms with Crippen LogP contribution in [0, 0.1) is 5.92 Å². The van der Waals surface area contributed by atoms with Crippen LogP contribution in [0.25, 0.3) is 0 Å². The highest BCUT2D eigenvalue weighted by molar-refractivity contribution is 14.1. The fourth-order valence-electron chi connectivity index (χ4n) is 1.17. The monoisotopic (exact) mass is 588 g/mol. The highest BCUT2D eigenvalue weighted by atomic mass is 127. The Bertz CT molecular complexity index is 116. The van der Waals surface area contributed by atoms with Gasteiger partial charge in [0.25, 0.3) is 0 Å². The first kappa shape index (κ1) is 11.0. The SMILES string of the molecule is ICC1C(I)CC(I)C1I. The molecule has 0 aromatic carbocycles. The Morgan fingerprint density at radius 1 is 1.10 bits per heavy atom. The Kier molecular flexibility index (Phi) is 5.46. The molecule has 1 saturated carbocycles. The zero-order valence-corrected chi connectivity index (χ0v) is 13.9. The second kappa shape index (κ2) is 4.97. The van der Waals surface area contributed by atoms with Crippen LogP contribution in [0.1, 0.15) is 6.42 Å². The molecule has 0 aromatic heterocycles. The Hall–Kier alpha value is 2.92. The van der Waals surface area contributed by atoms with Crippen LogP contribution in [-0.2, 0) is 0 Å².